The van der Waals surface area contributed by atoms with Gasteiger partial charge in [0.05, 0.1) is 13.2 Å². The topological polar surface area (TPSA) is 190 Å². The molecule has 11 heteroatoms. The fourth-order valence-corrected chi connectivity index (χ4v) is 6.66. The third-order valence-corrected chi connectivity index (χ3v) is 9.21. The van der Waals surface area contributed by atoms with Gasteiger partial charge in [0.15, 0.2) is 0 Å². The van der Waals surface area contributed by atoms with Crippen molar-refractivity contribution in [3.05, 3.63) is 58.7 Å². The molecule has 0 saturated carbocycles. The number of aliphatic hydroxyl groups is 8. The van der Waals surface area contributed by atoms with E-state index in [-0.39, 0.29) is 5.41 Å². The minimum absolute atomic E-state index is 0.370. The van der Waals surface area contributed by atoms with Crippen LogP contribution in [0.4, 0.5) is 0 Å². The second-order valence-corrected chi connectivity index (χ2v) is 11.8. The normalized spacial score (nSPS) is 35.5. The molecule has 44 heavy (non-hydrogen) atoms. The van der Waals surface area contributed by atoms with Crippen molar-refractivity contribution in [2.45, 2.75) is 79.3 Å². The smallest absolute Gasteiger partial charge is 0.147 e. The summed E-state index contributed by atoms with van der Waals surface area (Å²) in [6.45, 7) is 0.0558. The molecule has 2 unspecified atom stereocenters. The average Bonchev–Trinajstić information content (AvgIpc) is 3.29. The van der Waals surface area contributed by atoms with Crippen molar-refractivity contribution in [3.63, 3.8) is 0 Å². The summed E-state index contributed by atoms with van der Waals surface area (Å²) in [5, 5.41) is 80.1. The van der Waals surface area contributed by atoms with Crippen LogP contribution in [0.25, 0.3) is 11.1 Å². The molecule has 10 atom stereocenters. The number of fused-ring (bicyclic) bond motifs is 5. The first-order chi connectivity index (χ1) is 21.2. The Kier molecular flexibility index (Phi) is 8.83. The average molecular weight is 609 g/mol. The monoisotopic (exact) mass is 608 g/mol. The number of hydrogen-bond donors (Lipinski definition) is 8. The van der Waals surface area contributed by atoms with Gasteiger partial charge in [-0.15, -0.1) is 0 Å². The van der Waals surface area contributed by atoms with Gasteiger partial charge in [-0.3, -0.25) is 0 Å². The maximum absolute atomic E-state index is 10.4. The predicted molar refractivity (Wildman–Crippen MR) is 154 cm³/mol. The molecule has 2 aromatic carbocycles. The van der Waals surface area contributed by atoms with E-state index in [1.807, 2.05) is 36.4 Å². The lowest BCUT2D eigenvalue weighted by Crippen LogP contribution is -2.58. The highest BCUT2D eigenvalue weighted by molar-refractivity contribution is 5.82. The van der Waals surface area contributed by atoms with E-state index in [0.29, 0.717) is 24.3 Å². The van der Waals surface area contributed by atoms with Gasteiger partial charge in [-0.25, -0.2) is 0 Å². The Morgan fingerprint density at radius 3 is 1.45 bits per heavy atom. The van der Waals surface area contributed by atoms with E-state index in [1.165, 1.54) is 0 Å². The summed E-state index contributed by atoms with van der Waals surface area (Å²) in [6, 6.07) is 11.7. The zero-order valence-electron chi connectivity index (χ0n) is 23.8. The fraction of sp³-hybridized carbons (Fsp3) is 0.515. The number of ether oxygens (including phenoxy) is 3. The summed E-state index contributed by atoms with van der Waals surface area (Å²) in [4.78, 5) is 0. The Bertz CT molecular complexity index is 1390. The first kappa shape index (κ1) is 31.1. The highest BCUT2D eigenvalue weighted by Gasteiger charge is 2.46. The number of rotatable bonds is 2. The number of hydrogen-bond acceptors (Lipinski definition) is 11. The maximum atomic E-state index is 10.4. The minimum atomic E-state index is -1.50. The van der Waals surface area contributed by atoms with Crippen molar-refractivity contribution < 1.29 is 55.1 Å². The van der Waals surface area contributed by atoms with Crippen LogP contribution in [0.15, 0.2) is 36.4 Å². The van der Waals surface area contributed by atoms with Gasteiger partial charge in [-0.2, -0.15) is 0 Å². The quantitative estimate of drug-likeness (QED) is 0.179. The highest BCUT2D eigenvalue weighted by Crippen LogP contribution is 2.54. The molecular weight excluding hydrogens is 572 g/mol. The van der Waals surface area contributed by atoms with Crippen LogP contribution in [0.5, 0.6) is 0 Å². The van der Waals surface area contributed by atoms with Gasteiger partial charge in [0.1, 0.15) is 61.0 Å². The third kappa shape index (κ3) is 5.35. The molecular formula is C33H36O11. The van der Waals surface area contributed by atoms with Crippen LogP contribution >= 0.6 is 0 Å². The minimum Gasteiger partial charge on any atom is -0.394 e. The lowest BCUT2D eigenvalue weighted by molar-refractivity contribution is -0.214. The van der Waals surface area contributed by atoms with Gasteiger partial charge in [0.2, 0.25) is 0 Å². The van der Waals surface area contributed by atoms with Gasteiger partial charge < -0.3 is 55.1 Å². The molecule has 1 aliphatic carbocycles. The van der Waals surface area contributed by atoms with Crippen LogP contribution in [0.2, 0.25) is 0 Å². The van der Waals surface area contributed by atoms with E-state index in [9.17, 15) is 40.9 Å². The van der Waals surface area contributed by atoms with Crippen LogP contribution in [-0.4, -0.2) is 128 Å². The van der Waals surface area contributed by atoms with E-state index in [1.54, 1.807) is 0 Å². The van der Waals surface area contributed by atoms with Gasteiger partial charge in [0, 0.05) is 29.8 Å². The van der Waals surface area contributed by atoms with E-state index < -0.39 is 74.3 Å². The molecule has 0 aromatic heterocycles. The van der Waals surface area contributed by atoms with Crippen LogP contribution in [-0.2, 0) is 19.6 Å². The first-order valence-corrected chi connectivity index (χ1v) is 14.7. The molecule has 4 aliphatic rings. The molecule has 0 radical (unpaired) electrons. The molecule has 8 N–H and O–H groups in total. The first-order valence-electron chi connectivity index (χ1n) is 14.7. The molecule has 0 amide bonds. The molecule has 0 bridgehead atoms. The Labute approximate surface area is 254 Å². The van der Waals surface area contributed by atoms with Crippen LogP contribution < -0.4 is 0 Å². The summed E-state index contributed by atoms with van der Waals surface area (Å²) < 4.78 is 16.8. The van der Waals surface area contributed by atoms with Crippen LogP contribution in [0.3, 0.4) is 0 Å². The largest absolute Gasteiger partial charge is 0.394 e. The Morgan fingerprint density at radius 1 is 0.614 bits per heavy atom. The molecule has 3 fully saturated rings. The SMILES string of the molecule is OC[C@H]1OC(C#Cc2ccc3c(c2)C2(CCOCC2)c2cc(C#CC4O[C@H](CO)[C@@H](O)[C@H](O)[C@@H]4O)ccc2-3)[C@@H](O)[C@@H](O)[C@@H]1O. The Hall–Kier alpha value is -2.88. The van der Waals surface area contributed by atoms with Crippen molar-refractivity contribution in [2.24, 2.45) is 0 Å². The predicted octanol–water partition coefficient (Wildman–Crippen LogP) is -1.85. The zero-order chi connectivity index (χ0) is 31.2. The van der Waals surface area contributed by atoms with Crippen molar-refractivity contribution in [1.82, 2.24) is 0 Å². The van der Waals surface area contributed by atoms with Crippen molar-refractivity contribution >= 4 is 0 Å². The summed E-state index contributed by atoms with van der Waals surface area (Å²) in [7, 11) is 0. The van der Waals surface area contributed by atoms with E-state index >= 15 is 0 Å². The van der Waals surface area contributed by atoms with Gasteiger partial charge >= 0.3 is 0 Å². The molecule has 2 aromatic rings. The molecule has 234 valence electrons. The molecule has 1 spiro atoms. The summed E-state index contributed by atoms with van der Waals surface area (Å²) in [6.07, 6.45) is -11.6. The van der Waals surface area contributed by atoms with Gasteiger partial charge in [-0.1, -0.05) is 35.8 Å². The Morgan fingerprint density at radius 2 is 1.05 bits per heavy atom. The van der Waals surface area contributed by atoms with Crippen molar-refractivity contribution in [1.29, 1.82) is 0 Å². The van der Waals surface area contributed by atoms with Crippen molar-refractivity contribution in [2.75, 3.05) is 26.4 Å². The maximum Gasteiger partial charge on any atom is 0.147 e. The summed E-state index contributed by atoms with van der Waals surface area (Å²) in [5.41, 5.74) is 5.22. The van der Waals surface area contributed by atoms with Gasteiger partial charge in [0.25, 0.3) is 0 Å². The van der Waals surface area contributed by atoms with Crippen LogP contribution in [0.1, 0.15) is 35.1 Å². The second-order valence-electron chi connectivity index (χ2n) is 11.8. The Balaban J connectivity index is 1.31. The zero-order valence-corrected chi connectivity index (χ0v) is 23.8. The van der Waals surface area contributed by atoms with E-state index in [0.717, 1.165) is 35.1 Å². The standard InChI is InChI=1S/C33H36O11/c34-15-25-29(38)31(40)27(36)23(43-25)7-3-17-1-5-19-20-6-2-18(4-8-24-28(37)32(41)30(39)26(16-35)44-24)14-22(20)33(21(19)13-17)9-11-42-12-10-33/h1-2,5-6,13-14,23-32,34-41H,9-12,15-16H2/t23?,24?,25-,26-,27-,28-,29-,30-,31-,32-/m1/s1. The number of benzene rings is 2. The molecule has 3 heterocycles. The summed E-state index contributed by atoms with van der Waals surface area (Å²) in [5.74, 6) is 11.8. The third-order valence-electron chi connectivity index (χ3n) is 9.21. The molecule has 6 rings (SSSR count). The lowest BCUT2D eigenvalue weighted by atomic mass is 9.72. The fourth-order valence-electron chi connectivity index (χ4n) is 6.66. The lowest BCUT2D eigenvalue weighted by Gasteiger charge is -2.37. The summed E-state index contributed by atoms with van der Waals surface area (Å²) >= 11 is 0. The highest BCUT2D eigenvalue weighted by atomic mass is 16.5. The number of aliphatic hydroxyl groups excluding tert-OH is 8. The van der Waals surface area contributed by atoms with Crippen molar-refractivity contribution in [3.8, 4) is 34.8 Å². The van der Waals surface area contributed by atoms with Gasteiger partial charge in [-0.05, 0) is 59.4 Å². The van der Waals surface area contributed by atoms with Crippen LogP contribution in [0, 0.1) is 23.7 Å². The van der Waals surface area contributed by atoms with E-state index in [4.69, 9.17) is 14.2 Å². The molecule has 3 saturated heterocycles. The second kappa shape index (κ2) is 12.5. The van der Waals surface area contributed by atoms with E-state index in [2.05, 4.69) is 23.7 Å². The molecule has 11 nitrogen and oxygen atoms in total. The molecule has 3 aliphatic heterocycles.